The van der Waals surface area contributed by atoms with Crippen LogP contribution in [-0.2, 0) is 11.3 Å². The van der Waals surface area contributed by atoms with Gasteiger partial charge in [-0.1, -0.05) is 0 Å². The number of rotatable bonds is 5. The van der Waals surface area contributed by atoms with Crippen LogP contribution < -0.4 is 15.8 Å². The third kappa shape index (κ3) is 3.78. The highest BCUT2D eigenvalue weighted by Gasteiger charge is 2.02. The van der Waals surface area contributed by atoms with Crippen LogP contribution >= 0.6 is 11.3 Å². The Hall–Kier alpha value is -2.01. The summed E-state index contributed by atoms with van der Waals surface area (Å²) in [5, 5.41) is 6.76. The zero-order valence-electron chi connectivity index (χ0n) is 9.76. The smallest absolute Gasteiger partial charge is 0.258 e. The number of ether oxygens (including phenoxy) is 1. The molecule has 0 aliphatic carbocycles. The number of anilines is 1. The minimum atomic E-state index is -0.141. The van der Waals surface area contributed by atoms with Crippen LogP contribution in [0, 0.1) is 0 Å². The van der Waals surface area contributed by atoms with E-state index in [-0.39, 0.29) is 12.5 Å². The lowest BCUT2D eigenvalue weighted by Crippen LogP contribution is -2.28. The van der Waals surface area contributed by atoms with Crippen LogP contribution in [0.1, 0.15) is 5.56 Å². The molecule has 0 aliphatic rings. The highest BCUT2D eigenvalue weighted by atomic mass is 32.1. The van der Waals surface area contributed by atoms with Gasteiger partial charge >= 0.3 is 0 Å². The fourth-order valence-corrected chi connectivity index (χ4v) is 2.03. The maximum atomic E-state index is 11.5. The molecule has 1 heterocycles. The second kappa shape index (κ2) is 6.07. The molecule has 0 saturated heterocycles. The van der Waals surface area contributed by atoms with Gasteiger partial charge in [0.15, 0.2) is 6.61 Å². The van der Waals surface area contributed by atoms with Crippen LogP contribution in [0.2, 0.25) is 0 Å². The largest absolute Gasteiger partial charge is 0.484 e. The van der Waals surface area contributed by atoms with Crippen molar-refractivity contribution in [1.82, 2.24) is 5.32 Å². The molecule has 3 N–H and O–H groups in total. The van der Waals surface area contributed by atoms with Gasteiger partial charge in [0.2, 0.25) is 0 Å². The number of benzene rings is 1. The molecule has 18 heavy (non-hydrogen) atoms. The van der Waals surface area contributed by atoms with Gasteiger partial charge in [0.25, 0.3) is 5.91 Å². The minimum Gasteiger partial charge on any atom is -0.484 e. The summed E-state index contributed by atoms with van der Waals surface area (Å²) in [5.41, 5.74) is 7.32. The molecule has 5 heteroatoms. The summed E-state index contributed by atoms with van der Waals surface area (Å²) >= 11 is 1.61. The Morgan fingerprint density at radius 1 is 1.28 bits per heavy atom. The zero-order valence-corrected chi connectivity index (χ0v) is 10.6. The SMILES string of the molecule is Nc1ccc(OCC(=O)NCc2ccsc2)cc1. The van der Waals surface area contributed by atoms with Crippen LogP contribution in [0.25, 0.3) is 0 Å². The number of amides is 1. The second-order valence-corrected chi connectivity index (χ2v) is 4.55. The van der Waals surface area contributed by atoms with Crippen LogP contribution in [0.15, 0.2) is 41.1 Å². The normalized spacial score (nSPS) is 10.0. The van der Waals surface area contributed by atoms with Crippen molar-refractivity contribution in [2.24, 2.45) is 0 Å². The van der Waals surface area contributed by atoms with Gasteiger partial charge < -0.3 is 15.8 Å². The molecule has 2 aromatic rings. The molecule has 0 bridgehead atoms. The van der Waals surface area contributed by atoms with Gasteiger partial charge in [0, 0.05) is 12.2 Å². The number of hydrogen-bond donors (Lipinski definition) is 2. The van der Waals surface area contributed by atoms with Crippen molar-refractivity contribution in [3.63, 3.8) is 0 Å². The molecule has 0 spiro atoms. The summed E-state index contributed by atoms with van der Waals surface area (Å²) in [6.45, 7) is 0.543. The summed E-state index contributed by atoms with van der Waals surface area (Å²) in [6, 6.07) is 8.92. The molecule has 0 fully saturated rings. The van der Waals surface area contributed by atoms with Crippen molar-refractivity contribution >= 4 is 22.9 Å². The van der Waals surface area contributed by atoms with Gasteiger partial charge in [-0.3, -0.25) is 4.79 Å². The van der Waals surface area contributed by atoms with E-state index >= 15 is 0 Å². The fourth-order valence-electron chi connectivity index (χ4n) is 1.36. The predicted octanol–water partition coefficient (Wildman–Crippen LogP) is 2.03. The lowest BCUT2D eigenvalue weighted by Gasteiger charge is -2.07. The zero-order chi connectivity index (χ0) is 12.8. The van der Waals surface area contributed by atoms with E-state index in [1.165, 1.54) is 0 Å². The second-order valence-electron chi connectivity index (χ2n) is 3.77. The Kier molecular flexibility index (Phi) is 4.20. The lowest BCUT2D eigenvalue weighted by atomic mass is 10.3. The monoisotopic (exact) mass is 262 g/mol. The van der Waals surface area contributed by atoms with Crippen LogP contribution in [-0.4, -0.2) is 12.5 Å². The van der Waals surface area contributed by atoms with E-state index in [1.807, 2.05) is 16.8 Å². The number of nitrogens with two attached hydrogens (primary N) is 1. The molecule has 2 rings (SSSR count). The lowest BCUT2D eigenvalue weighted by molar-refractivity contribution is -0.123. The number of nitrogens with one attached hydrogen (secondary N) is 1. The van der Waals surface area contributed by atoms with E-state index in [0.29, 0.717) is 18.0 Å². The van der Waals surface area contributed by atoms with E-state index in [9.17, 15) is 4.79 Å². The average molecular weight is 262 g/mol. The Bertz CT molecular complexity index is 494. The van der Waals surface area contributed by atoms with E-state index in [4.69, 9.17) is 10.5 Å². The van der Waals surface area contributed by atoms with Crippen molar-refractivity contribution < 1.29 is 9.53 Å². The van der Waals surface area contributed by atoms with E-state index in [1.54, 1.807) is 35.6 Å². The fraction of sp³-hybridized carbons (Fsp3) is 0.154. The third-order valence-electron chi connectivity index (χ3n) is 2.32. The number of nitrogen functional groups attached to an aromatic ring is 1. The highest BCUT2D eigenvalue weighted by Crippen LogP contribution is 2.12. The van der Waals surface area contributed by atoms with E-state index < -0.39 is 0 Å². The van der Waals surface area contributed by atoms with Crippen molar-refractivity contribution in [3.8, 4) is 5.75 Å². The Morgan fingerprint density at radius 3 is 2.72 bits per heavy atom. The molecule has 94 valence electrons. The van der Waals surface area contributed by atoms with Gasteiger partial charge in [-0.15, -0.1) is 0 Å². The summed E-state index contributed by atoms with van der Waals surface area (Å²) in [4.78, 5) is 11.5. The number of carbonyl (C=O) groups excluding carboxylic acids is 1. The van der Waals surface area contributed by atoms with Gasteiger partial charge in [0.05, 0.1) is 0 Å². The predicted molar refractivity (Wildman–Crippen MR) is 72.5 cm³/mol. The molecular weight excluding hydrogens is 248 g/mol. The van der Waals surface area contributed by atoms with Gasteiger partial charge in [0.1, 0.15) is 5.75 Å². The molecule has 1 aromatic carbocycles. The first-order valence-corrected chi connectivity index (χ1v) is 6.44. The first-order chi connectivity index (χ1) is 8.74. The van der Waals surface area contributed by atoms with Crippen LogP contribution in [0.4, 0.5) is 5.69 Å². The molecule has 1 amide bonds. The summed E-state index contributed by atoms with van der Waals surface area (Å²) < 4.78 is 5.33. The molecular formula is C13H14N2O2S. The Balaban J connectivity index is 1.73. The van der Waals surface area contributed by atoms with Crippen molar-refractivity contribution in [2.45, 2.75) is 6.54 Å². The Labute approximate surface area is 109 Å². The van der Waals surface area contributed by atoms with Gasteiger partial charge in [-0.05, 0) is 46.7 Å². The number of carbonyl (C=O) groups is 1. The molecule has 1 aromatic heterocycles. The first kappa shape index (κ1) is 12.4. The maximum absolute atomic E-state index is 11.5. The number of hydrogen-bond acceptors (Lipinski definition) is 4. The minimum absolute atomic E-state index is 0.00799. The van der Waals surface area contributed by atoms with E-state index in [0.717, 1.165) is 5.56 Å². The molecule has 0 aliphatic heterocycles. The summed E-state index contributed by atoms with van der Waals surface area (Å²) in [6.07, 6.45) is 0. The molecule has 0 unspecified atom stereocenters. The van der Waals surface area contributed by atoms with Crippen molar-refractivity contribution in [2.75, 3.05) is 12.3 Å². The third-order valence-corrected chi connectivity index (χ3v) is 3.05. The average Bonchev–Trinajstić information content (AvgIpc) is 2.89. The molecule has 0 radical (unpaired) electrons. The van der Waals surface area contributed by atoms with Crippen molar-refractivity contribution in [1.29, 1.82) is 0 Å². The highest BCUT2D eigenvalue weighted by molar-refractivity contribution is 7.07. The standard InChI is InChI=1S/C13H14N2O2S/c14-11-1-3-12(4-2-11)17-8-13(16)15-7-10-5-6-18-9-10/h1-6,9H,7-8,14H2,(H,15,16). The quantitative estimate of drug-likeness (QED) is 0.810. The van der Waals surface area contributed by atoms with Crippen LogP contribution in [0.5, 0.6) is 5.75 Å². The first-order valence-electron chi connectivity index (χ1n) is 5.50. The molecule has 4 nitrogen and oxygen atoms in total. The summed E-state index contributed by atoms with van der Waals surface area (Å²) in [5.74, 6) is 0.493. The van der Waals surface area contributed by atoms with Crippen molar-refractivity contribution in [3.05, 3.63) is 46.7 Å². The molecule has 0 atom stereocenters. The summed E-state index contributed by atoms with van der Waals surface area (Å²) in [7, 11) is 0. The van der Waals surface area contributed by atoms with Gasteiger partial charge in [-0.25, -0.2) is 0 Å². The van der Waals surface area contributed by atoms with E-state index in [2.05, 4.69) is 5.32 Å². The Morgan fingerprint density at radius 2 is 2.06 bits per heavy atom. The molecule has 0 saturated carbocycles. The topological polar surface area (TPSA) is 64.3 Å². The maximum Gasteiger partial charge on any atom is 0.258 e. The number of thiophene rings is 1. The van der Waals surface area contributed by atoms with Crippen LogP contribution in [0.3, 0.4) is 0 Å². The van der Waals surface area contributed by atoms with Gasteiger partial charge in [-0.2, -0.15) is 11.3 Å².